The van der Waals surface area contributed by atoms with E-state index in [1.165, 1.54) is 4.90 Å². The molecule has 0 aromatic carbocycles. The van der Waals surface area contributed by atoms with Crippen LogP contribution in [0.15, 0.2) is 0 Å². The van der Waals surface area contributed by atoms with Gasteiger partial charge in [-0.1, -0.05) is 0 Å². The zero-order valence-electron chi connectivity index (χ0n) is 6.54. The third-order valence-corrected chi connectivity index (χ3v) is 2.35. The molecule has 2 amide bonds. The third-order valence-electron chi connectivity index (χ3n) is 2.35. The van der Waals surface area contributed by atoms with Crippen molar-refractivity contribution in [3.05, 3.63) is 0 Å². The van der Waals surface area contributed by atoms with Gasteiger partial charge in [-0.25, -0.2) is 0 Å². The molecule has 11 heavy (non-hydrogen) atoms. The molecule has 1 unspecified atom stereocenters. The van der Waals surface area contributed by atoms with E-state index >= 15 is 0 Å². The maximum atomic E-state index is 10.9. The number of hydrogen-bond donors (Lipinski definition) is 1. The van der Waals surface area contributed by atoms with Crippen LogP contribution in [0.25, 0.3) is 0 Å². The van der Waals surface area contributed by atoms with Crippen LogP contribution in [-0.2, 0) is 9.59 Å². The molecule has 0 spiro atoms. The molecule has 0 aromatic heterocycles. The summed E-state index contributed by atoms with van der Waals surface area (Å²) in [5.74, 6) is -0.415. The number of amides is 2. The molecule has 2 N–H and O–H groups in total. The first-order chi connectivity index (χ1) is 5.11. The van der Waals surface area contributed by atoms with Gasteiger partial charge in [0.2, 0.25) is 12.3 Å². The van der Waals surface area contributed by atoms with Crippen molar-refractivity contribution in [1.82, 2.24) is 4.90 Å². The number of likely N-dealkylation sites (tertiary alicyclic amines) is 1. The van der Waals surface area contributed by atoms with Gasteiger partial charge in [-0.2, -0.15) is 0 Å². The normalized spacial score (nSPS) is 30.5. The van der Waals surface area contributed by atoms with Gasteiger partial charge in [-0.05, 0) is 19.8 Å². The highest BCUT2D eigenvalue weighted by molar-refractivity contribution is 5.86. The summed E-state index contributed by atoms with van der Waals surface area (Å²) in [7, 11) is 0. The molecular weight excluding hydrogens is 144 g/mol. The summed E-state index contributed by atoms with van der Waals surface area (Å²) in [4.78, 5) is 22.8. The summed E-state index contributed by atoms with van der Waals surface area (Å²) in [5.41, 5.74) is 4.42. The lowest BCUT2D eigenvalue weighted by Gasteiger charge is -2.28. The van der Waals surface area contributed by atoms with Gasteiger partial charge >= 0.3 is 0 Å². The smallest absolute Gasteiger partial charge is 0.243 e. The van der Waals surface area contributed by atoms with E-state index in [1.807, 2.05) is 0 Å². The fourth-order valence-corrected chi connectivity index (χ4v) is 1.42. The summed E-state index contributed by atoms with van der Waals surface area (Å²) < 4.78 is 0. The van der Waals surface area contributed by atoms with Crippen LogP contribution in [0.5, 0.6) is 0 Å². The van der Waals surface area contributed by atoms with Gasteiger partial charge in [0.1, 0.15) is 5.54 Å². The van der Waals surface area contributed by atoms with E-state index in [2.05, 4.69) is 0 Å². The Kier molecular flexibility index (Phi) is 1.85. The SMILES string of the molecule is CC1(C(N)=O)CCCN1C=O. The first kappa shape index (κ1) is 8.04. The lowest BCUT2D eigenvalue weighted by atomic mass is 9.99. The number of carbonyl (C=O) groups excluding carboxylic acids is 2. The quantitative estimate of drug-likeness (QED) is 0.547. The first-order valence-electron chi connectivity index (χ1n) is 3.63. The van der Waals surface area contributed by atoms with Gasteiger partial charge in [-0.3, -0.25) is 9.59 Å². The lowest BCUT2D eigenvalue weighted by molar-refractivity contribution is -0.134. The highest BCUT2D eigenvalue weighted by Gasteiger charge is 2.40. The van der Waals surface area contributed by atoms with Gasteiger partial charge in [0, 0.05) is 6.54 Å². The van der Waals surface area contributed by atoms with E-state index in [-0.39, 0.29) is 0 Å². The molecule has 1 fully saturated rings. The van der Waals surface area contributed by atoms with Crippen molar-refractivity contribution in [3.63, 3.8) is 0 Å². The average Bonchev–Trinajstić information content (AvgIpc) is 2.32. The minimum absolute atomic E-state index is 0.415. The summed E-state index contributed by atoms with van der Waals surface area (Å²) >= 11 is 0. The number of rotatable bonds is 2. The number of primary amides is 1. The summed E-state index contributed by atoms with van der Waals surface area (Å²) in [6.45, 7) is 2.35. The Morgan fingerprint density at radius 2 is 2.36 bits per heavy atom. The minimum atomic E-state index is -0.734. The highest BCUT2D eigenvalue weighted by Crippen LogP contribution is 2.26. The molecule has 0 aliphatic carbocycles. The van der Waals surface area contributed by atoms with E-state index in [4.69, 9.17) is 5.73 Å². The van der Waals surface area contributed by atoms with Gasteiger partial charge in [-0.15, -0.1) is 0 Å². The van der Waals surface area contributed by atoms with E-state index in [1.54, 1.807) is 6.92 Å². The second-order valence-corrected chi connectivity index (χ2v) is 3.04. The van der Waals surface area contributed by atoms with Crippen LogP contribution in [0.3, 0.4) is 0 Å². The zero-order valence-corrected chi connectivity index (χ0v) is 6.54. The van der Waals surface area contributed by atoms with Crippen molar-refractivity contribution in [3.8, 4) is 0 Å². The fourth-order valence-electron chi connectivity index (χ4n) is 1.42. The monoisotopic (exact) mass is 156 g/mol. The molecule has 0 bridgehead atoms. The highest BCUT2D eigenvalue weighted by atomic mass is 16.2. The number of nitrogens with two attached hydrogens (primary N) is 1. The topological polar surface area (TPSA) is 63.4 Å². The van der Waals surface area contributed by atoms with E-state index < -0.39 is 11.4 Å². The van der Waals surface area contributed by atoms with Gasteiger partial charge in [0.15, 0.2) is 0 Å². The Hall–Kier alpha value is -1.06. The second kappa shape index (κ2) is 2.53. The van der Waals surface area contributed by atoms with Crippen molar-refractivity contribution < 1.29 is 9.59 Å². The number of carbonyl (C=O) groups is 2. The fraction of sp³-hybridized carbons (Fsp3) is 0.714. The van der Waals surface area contributed by atoms with E-state index in [0.29, 0.717) is 19.4 Å². The molecule has 0 aromatic rings. The van der Waals surface area contributed by atoms with Crippen molar-refractivity contribution in [2.75, 3.05) is 6.54 Å². The molecule has 1 heterocycles. The van der Waals surface area contributed by atoms with Crippen LogP contribution in [0.1, 0.15) is 19.8 Å². The Morgan fingerprint density at radius 1 is 1.73 bits per heavy atom. The maximum Gasteiger partial charge on any atom is 0.243 e. The van der Waals surface area contributed by atoms with Crippen LogP contribution < -0.4 is 5.73 Å². The van der Waals surface area contributed by atoms with Crippen LogP contribution in [-0.4, -0.2) is 29.3 Å². The van der Waals surface area contributed by atoms with E-state index in [0.717, 1.165) is 6.42 Å². The summed E-state index contributed by atoms with van der Waals surface area (Å²) in [5, 5.41) is 0. The van der Waals surface area contributed by atoms with E-state index in [9.17, 15) is 9.59 Å². The zero-order chi connectivity index (χ0) is 8.48. The Morgan fingerprint density at radius 3 is 2.73 bits per heavy atom. The maximum absolute atomic E-state index is 10.9. The molecule has 0 radical (unpaired) electrons. The van der Waals surface area contributed by atoms with Gasteiger partial charge < -0.3 is 10.6 Å². The first-order valence-corrected chi connectivity index (χ1v) is 3.63. The van der Waals surface area contributed by atoms with Gasteiger partial charge in [0.05, 0.1) is 0 Å². The minimum Gasteiger partial charge on any atom is -0.368 e. The van der Waals surface area contributed by atoms with Crippen LogP contribution in [0, 0.1) is 0 Å². The summed E-state index contributed by atoms with van der Waals surface area (Å²) in [6.07, 6.45) is 2.23. The third kappa shape index (κ3) is 1.08. The van der Waals surface area contributed by atoms with Crippen molar-refractivity contribution >= 4 is 12.3 Å². The average molecular weight is 156 g/mol. The largest absolute Gasteiger partial charge is 0.368 e. The molecule has 62 valence electrons. The predicted molar refractivity (Wildman–Crippen MR) is 39.6 cm³/mol. The molecule has 4 nitrogen and oxygen atoms in total. The van der Waals surface area contributed by atoms with Gasteiger partial charge in [0.25, 0.3) is 0 Å². The lowest BCUT2D eigenvalue weighted by Crippen LogP contribution is -2.50. The molecular formula is C7H12N2O2. The van der Waals surface area contributed by atoms with Crippen molar-refractivity contribution in [2.24, 2.45) is 5.73 Å². The van der Waals surface area contributed by atoms with Crippen molar-refractivity contribution in [1.29, 1.82) is 0 Å². The number of nitrogens with zero attached hydrogens (tertiary/aromatic N) is 1. The molecule has 0 saturated carbocycles. The Labute approximate surface area is 65.3 Å². The van der Waals surface area contributed by atoms with Crippen LogP contribution in [0.2, 0.25) is 0 Å². The molecule has 4 heteroatoms. The molecule has 1 atom stereocenters. The van der Waals surface area contributed by atoms with Crippen LogP contribution >= 0.6 is 0 Å². The molecule has 1 saturated heterocycles. The van der Waals surface area contributed by atoms with Crippen molar-refractivity contribution in [2.45, 2.75) is 25.3 Å². The Balaban J connectivity index is 2.83. The number of hydrogen-bond acceptors (Lipinski definition) is 2. The predicted octanol–water partition coefficient (Wildman–Crippen LogP) is -0.517. The standard InChI is InChI=1S/C7H12N2O2/c1-7(6(8)11)3-2-4-9(7)5-10/h5H,2-4H2,1H3,(H2,8,11). The molecule has 1 aliphatic heterocycles. The second-order valence-electron chi connectivity index (χ2n) is 3.04. The van der Waals surface area contributed by atoms with Crippen LogP contribution in [0.4, 0.5) is 0 Å². The Bertz CT molecular complexity index is 193. The molecule has 1 aliphatic rings. The summed E-state index contributed by atoms with van der Waals surface area (Å²) in [6, 6.07) is 0. The molecule has 1 rings (SSSR count).